The predicted octanol–water partition coefficient (Wildman–Crippen LogP) is 2.16. The summed E-state index contributed by atoms with van der Waals surface area (Å²) in [5.41, 5.74) is 7.04. The third kappa shape index (κ3) is 3.26. The number of nitrogens with zero attached hydrogens (tertiary/aromatic N) is 4. The number of nitrogen functional groups attached to an aromatic ring is 1. The van der Waals surface area contributed by atoms with Crippen molar-refractivity contribution < 1.29 is 9.90 Å². The molecule has 21 heavy (non-hydrogen) atoms. The number of carboxylic acids is 1. The van der Waals surface area contributed by atoms with Gasteiger partial charge in [-0.1, -0.05) is 32.0 Å². The summed E-state index contributed by atoms with van der Waals surface area (Å²) in [6.07, 6.45) is 3.93. The first-order valence-electron chi connectivity index (χ1n) is 6.94. The number of fused-ring (bicyclic) bond motifs is 1. The molecule has 0 aliphatic heterocycles. The van der Waals surface area contributed by atoms with Crippen molar-refractivity contribution in [3.63, 3.8) is 0 Å². The van der Waals surface area contributed by atoms with Crippen molar-refractivity contribution in [2.75, 3.05) is 5.73 Å². The maximum atomic E-state index is 11.2. The number of aryl methyl sites for hydroxylation is 1. The Morgan fingerprint density at radius 1 is 1.48 bits per heavy atom. The summed E-state index contributed by atoms with van der Waals surface area (Å²) < 4.78 is 1.94. The van der Waals surface area contributed by atoms with Gasteiger partial charge >= 0.3 is 5.97 Å². The molecule has 8 heteroatoms. The van der Waals surface area contributed by atoms with Crippen LogP contribution in [0.1, 0.15) is 33.1 Å². The fourth-order valence-corrected chi connectivity index (χ4v) is 2.95. The van der Waals surface area contributed by atoms with Crippen LogP contribution < -0.4 is 5.73 Å². The molecule has 7 nitrogen and oxygen atoms in total. The van der Waals surface area contributed by atoms with E-state index in [1.165, 1.54) is 18.1 Å². The molecule has 0 unspecified atom stereocenters. The normalized spacial score (nSPS) is 12.7. The molecule has 0 fully saturated rings. The molecule has 0 saturated heterocycles. The maximum absolute atomic E-state index is 11.2. The number of thioether (sulfide) groups is 1. The molecule has 114 valence electrons. The first-order valence-corrected chi connectivity index (χ1v) is 7.82. The summed E-state index contributed by atoms with van der Waals surface area (Å²) in [7, 11) is 0. The van der Waals surface area contributed by atoms with E-state index < -0.39 is 11.2 Å². The number of carboxylic acid groups (broad SMARTS) is 1. The number of unbranched alkanes of at least 4 members (excludes halogenated alkanes) is 1. The highest BCUT2D eigenvalue weighted by Gasteiger charge is 2.22. The second kappa shape index (κ2) is 6.75. The van der Waals surface area contributed by atoms with E-state index in [9.17, 15) is 9.90 Å². The summed E-state index contributed by atoms with van der Waals surface area (Å²) in [6, 6.07) is 0. The Kier molecular flexibility index (Phi) is 5.00. The number of hydrogen-bond acceptors (Lipinski definition) is 6. The van der Waals surface area contributed by atoms with Gasteiger partial charge < -0.3 is 15.4 Å². The van der Waals surface area contributed by atoms with Crippen LogP contribution >= 0.6 is 11.8 Å². The van der Waals surface area contributed by atoms with E-state index >= 15 is 0 Å². The van der Waals surface area contributed by atoms with Crippen LogP contribution in [-0.2, 0) is 11.3 Å². The average Bonchev–Trinajstić information content (AvgIpc) is 2.81. The molecule has 0 saturated carbocycles. The number of nitrogens with two attached hydrogens (primary N) is 1. The van der Waals surface area contributed by atoms with Gasteiger partial charge in [-0.2, -0.15) is 0 Å². The number of hydrogen-bond donors (Lipinski definition) is 2. The summed E-state index contributed by atoms with van der Waals surface area (Å²) in [4.78, 5) is 23.9. The number of aliphatic carboxylic acids is 1. The first kappa shape index (κ1) is 15.6. The molecule has 1 atom stereocenters. The van der Waals surface area contributed by atoms with Gasteiger partial charge in [-0.15, -0.1) is 0 Å². The van der Waals surface area contributed by atoms with E-state index in [1.807, 2.05) is 11.5 Å². The monoisotopic (exact) mass is 309 g/mol. The van der Waals surface area contributed by atoms with Gasteiger partial charge in [0.1, 0.15) is 11.6 Å². The zero-order valence-corrected chi connectivity index (χ0v) is 12.9. The fourth-order valence-electron chi connectivity index (χ4n) is 1.98. The maximum Gasteiger partial charge on any atom is 0.317 e. The quantitative estimate of drug-likeness (QED) is 0.755. The molecule has 2 aromatic heterocycles. The lowest BCUT2D eigenvalue weighted by molar-refractivity contribution is -0.136. The van der Waals surface area contributed by atoms with Gasteiger partial charge in [0.15, 0.2) is 22.1 Å². The van der Waals surface area contributed by atoms with Gasteiger partial charge in [0.25, 0.3) is 0 Å². The third-order valence-electron chi connectivity index (χ3n) is 3.15. The van der Waals surface area contributed by atoms with E-state index in [-0.39, 0.29) is 0 Å². The molecule has 0 aliphatic carbocycles. The summed E-state index contributed by atoms with van der Waals surface area (Å²) in [5.74, 6) is -0.517. The molecular weight excluding hydrogens is 290 g/mol. The van der Waals surface area contributed by atoms with Gasteiger partial charge in [0.2, 0.25) is 0 Å². The third-order valence-corrected chi connectivity index (χ3v) is 4.50. The van der Waals surface area contributed by atoms with Crippen LogP contribution in [0.25, 0.3) is 11.2 Å². The Morgan fingerprint density at radius 3 is 2.86 bits per heavy atom. The van der Waals surface area contributed by atoms with Gasteiger partial charge in [0, 0.05) is 6.54 Å². The van der Waals surface area contributed by atoms with Crippen LogP contribution in [-0.4, -0.2) is 35.8 Å². The highest BCUT2D eigenvalue weighted by molar-refractivity contribution is 8.00. The van der Waals surface area contributed by atoms with Crippen molar-refractivity contribution >= 4 is 34.7 Å². The average molecular weight is 309 g/mol. The number of aromatic nitrogens is 4. The molecule has 0 aliphatic rings. The van der Waals surface area contributed by atoms with Crippen LogP contribution in [0.5, 0.6) is 0 Å². The van der Waals surface area contributed by atoms with Crippen LogP contribution in [0.15, 0.2) is 11.5 Å². The standard InChI is InChI=1S/C13H19N5O2S/c1-3-5-6-18-11-9(10(14)15-7-16-11)17-13(18)21-8(4-2)12(19)20/h7-8H,3-6H2,1-2H3,(H,19,20)(H2,14,15,16)/t8-/m0/s1. The van der Waals surface area contributed by atoms with Crippen LogP contribution in [0.2, 0.25) is 0 Å². The Morgan fingerprint density at radius 2 is 2.24 bits per heavy atom. The minimum Gasteiger partial charge on any atom is -0.480 e. The number of rotatable bonds is 7. The van der Waals surface area contributed by atoms with Gasteiger partial charge in [-0.05, 0) is 12.8 Å². The SMILES string of the molecule is CCCCn1c(S[C@@H](CC)C(=O)O)nc2c(N)ncnc21. The van der Waals surface area contributed by atoms with E-state index in [4.69, 9.17) is 5.73 Å². The lowest BCUT2D eigenvalue weighted by Crippen LogP contribution is -2.16. The first-order chi connectivity index (χ1) is 10.1. The van der Waals surface area contributed by atoms with Crippen LogP contribution in [0, 0.1) is 0 Å². The van der Waals surface area contributed by atoms with Gasteiger partial charge in [-0.25, -0.2) is 15.0 Å². The molecular formula is C13H19N5O2S. The zero-order chi connectivity index (χ0) is 15.4. The van der Waals surface area contributed by atoms with E-state index in [2.05, 4.69) is 21.9 Å². The number of imidazole rings is 1. The predicted molar refractivity (Wildman–Crippen MR) is 82.2 cm³/mol. The van der Waals surface area contributed by atoms with Crippen molar-refractivity contribution in [1.82, 2.24) is 19.5 Å². The Hall–Kier alpha value is -1.83. The molecule has 0 bridgehead atoms. The molecule has 0 spiro atoms. The van der Waals surface area contributed by atoms with Crippen LogP contribution in [0.4, 0.5) is 5.82 Å². The van der Waals surface area contributed by atoms with Crippen molar-refractivity contribution in [2.24, 2.45) is 0 Å². The number of carbonyl (C=O) groups is 1. The Bertz CT molecular complexity index is 643. The smallest absolute Gasteiger partial charge is 0.317 e. The minimum atomic E-state index is -0.837. The molecule has 0 aromatic carbocycles. The van der Waals surface area contributed by atoms with E-state index in [0.29, 0.717) is 28.6 Å². The zero-order valence-electron chi connectivity index (χ0n) is 12.1. The molecule has 0 radical (unpaired) electrons. The lowest BCUT2D eigenvalue weighted by Gasteiger charge is -2.11. The van der Waals surface area contributed by atoms with Crippen molar-refractivity contribution in [3.05, 3.63) is 6.33 Å². The van der Waals surface area contributed by atoms with Crippen molar-refractivity contribution in [1.29, 1.82) is 0 Å². The fraction of sp³-hybridized carbons (Fsp3) is 0.538. The van der Waals surface area contributed by atoms with E-state index in [1.54, 1.807) is 0 Å². The second-order valence-electron chi connectivity index (χ2n) is 4.68. The van der Waals surface area contributed by atoms with Gasteiger partial charge in [-0.3, -0.25) is 4.79 Å². The van der Waals surface area contributed by atoms with Gasteiger partial charge in [0.05, 0.1) is 0 Å². The summed E-state index contributed by atoms with van der Waals surface area (Å²) >= 11 is 1.24. The molecule has 0 amide bonds. The molecule has 3 N–H and O–H groups in total. The highest BCUT2D eigenvalue weighted by atomic mass is 32.2. The molecule has 2 heterocycles. The number of anilines is 1. The summed E-state index contributed by atoms with van der Waals surface area (Å²) in [5, 5.41) is 9.33. The van der Waals surface area contributed by atoms with E-state index in [0.717, 1.165) is 19.4 Å². The van der Waals surface area contributed by atoms with Crippen molar-refractivity contribution in [2.45, 2.75) is 50.1 Å². The lowest BCUT2D eigenvalue weighted by atomic mass is 10.3. The highest BCUT2D eigenvalue weighted by Crippen LogP contribution is 2.29. The summed E-state index contributed by atoms with van der Waals surface area (Å²) in [6.45, 7) is 4.68. The van der Waals surface area contributed by atoms with Crippen LogP contribution in [0.3, 0.4) is 0 Å². The minimum absolute atomic E-state index is 0.320. The second-order valence-corrected chi connectivity index (χ2v) is 5.85. The molecule has 2 rings (SSSR count). The van der Waals surface area contributed by atoms with Crippen molar-refractivity contribution in [3.8, 4) is 0 Å². The topological polar surface area (TPSA) is 107 Å². The largest absolute Gasteiger partial charge is 0.480 e. The Balaban J connectivity index is 2.45. The Labute approximate surface area is 127 Å². The molecule has 2 aromatic rings.